The lowest BCUT2D eigenvalue weighted by molar-refractivity contribution is 0.326. The summed E-state index contributed by atoms with van der Waals surface area (Å²) >= 11 is 0. The van der Waals surface area contributed by atoms with Gasteiger partial charge in [0, 0.05) is 29.5 Å². The number of nitrogens with zero attached hydrogens (tertiary/aromatic N) is 1. The minimum atomic E-state index is -3.18. The quantitative estimate of drug-likeness (QED) is 0.670. The van der Waals surface area contributed by atoms with E-state index >= 15 is 0 Å². The first-order valence-corrected chi connectivity index (χ1v) is 11.6. The van der Waals surface area contributed by atoms with E-state index in [4.69, 9.17) is 0 Å². The van der Waals surface area contributed by atoms with Crippen molar-refractivity contribution in [1.82, 2.24) is 9.97 Å². The normalized spacial score (nSPS) is 17.2. The zero-order valence-electron chi connectivity index (χ0n) is 15.7. The third-order valence-corrected chi connectivity index (χ3v) is 6.92. The Morgan fingerprint density at radius 1 is 1.11 bits per heavy atom. The highest BCUT2D eigenvalue weighted by atomic mass is 32.2. The van der Waals surface area contributed by atoms with E-state index in [0.717, 1.165) is 23.4 Å². The topological polar surface area (TPSA) is 62.8 Å². The number of aromatic amines is 1. The molecule has 27 heavy (non-hydrogen) atoms. The lowest BCUT2D eigenvalue weighted by Crippen LogP contribution is -2.13. The Labute approximate surface area is 161 Å². The van der Waals surface area contributed by atoms with Crippen LogP contribution in [0.15, 0.2) is 53.6 Å². The second-order valence-corrected chi connectivity index (χ2v) is 9.82. The summed E-state index contributed by atoms with van der Waals surface area (Å²) in [5, 5.41) is 1.12. The summed E-state index contributed by atoms with van der Waals surface area (Å²) in [6.45, 7) is 0. The van der Waals surface area contributed by atoms with Crippen LogP contribution >= 0.6 is 0 Å². The summed E-state index contributed by atoms with van der Waals surface area (Å²) in [6.07, 6.45) is 10.7. The van der Waals surface area contributed by atoms with Gasteiger partial charge in [0.25, 0.3) is 0 Å². The van der Waals surface area contributed by atoms with Crippen molar-refractivity contribution in [3.63, 3.8) is 0 Å². The van der Waals surface area contributed by atoms with Crippen molar-refractivity contribution in [2.24, 2.45) is 5.92 Å². The molecule has 0 aliphatic heterocycles. The summed E-state index contributed by atoms with van der Waals surface area (Å²) in [6, 6.07) is 13.6. The maximum atomic E-state index is 11.8. The van der Waals surface area contributed by atoms with Crippen LogP contribution in [0.2, 0.25) is 0 Å². The first-order chi connectivity index (χ1) is 13.0. The van der Waals surface area contributed by atoms with Crippen LogP contribution < -0.4 is 0 Å². The van der Waals surface area contributed by atoms with E-state index in [9.17, 15) is 8.42 Å². The fraction of sp³-hybridized carbons (Fsp3) is 0.409. The van der Waals surface area contributed by atoms with Gasteiger partial charge in [-0.3, -0.25) is 0 Å². The minimum absolute atomic E-state index is 0.232. The Morgan fingerprint density at radius 3 is 2.52 bits per heavy atom. The van der Waals surface area contributed by atoms with Gasteiger partial charge in [0.2, 0.25) is 0 Å². The van der Waals surface area contributed by atoms with Crippen molar-refractivity contribution in [3.05, 3.63) is 59.9 Å². The van der Waals surface area contributed by atoms with E-state index in [0.29, 0.717) is 4.90 Å². The van der Waals surface area contributed by atoms with Gasteiger partial charge in [-0.15, -0.1) is 0 Å². The molecule has 142 valence electrons. The highest BCUT2D eigenvalue weighted by molar-refractivity contribution is 7.90. The Kier molecular flexibility index (Phi) is 5.04. The Hall–Kier alpha value is -2.14. The van der Waals surface area contributed by atoms with Crippen LogP contribution in [0.25, 0.3) is 11.0 Å². The summed E-state index contributed by atoms with van der Waals surface area (Å²) in [5.41, 5.74) is 3.25. The number of sulfone groups is 1. The molecule has 2 aromatic heterocycles. The van der Waals surface area contributed by atoms with Gasteiger partial charge >= 0.3 is 0 Å². The molecule has 0 bridgehead atoms. The monoisotopic (exact) mass is 382 g/mol. The van der Waals surface area contributed by atoms with Crippen LogP contribution in [0.5, 0.6) is 0 Å². The fourth-order valence-corrected chi connectivity index (χ4v) is 4.94. The van der Waals surface area contributed by atoms with Crippen molar-refractivity contribution < 1.29 is 8.42 Å². The largest absolute Gasteiger partial charge is 0.343 e. The SMILES string of the molecule is CS(=O)(=O)c1ccc(C(CC2CCCCC2)c2cc3cccnc3[nH]2)cc1. The molecular weight excluding hydrogens is 356 g/mol. The lowest BCUT2D eigenvalue weighted by Gasteiger charge is -2.26. The average Bonchev–Trinajstić information content (AvgIpc) is 3.10. The Balaban J connectivity index is 1.70. The molecule has 3 aromatic rings. The maximum absolute atomic E-state index is 11.8. The number of benzene rings is 1. The van der Waals surface area contributed by atoms with E-state index in [2.05, 4.69) is 22.1 Å². The first kappa shape index (κ1) is 18.2. The maximum Gasteiger partial charge on any atom is 0.175 e. The molecule has 0 spiro atoms. The van der Waals surface area contributed by atoms with Gasteiger partial charge in [0.05, 0.1) is 4.90 Å². The molecule has 5 heteroatoms. The van der Waals surface area contributed by atoms with Gasteiger partial charge in [-0.1, -0.05) is 44.2 Å². The number of hydrogen-bond donors (Lipinski definition) is 1. The summed E-state index contributed by atoms with van der Waals surface area (Å²) < 4.78 is 23.6. The molecular formula is C22H26N2O2S. The van der Waals surface area contributed by atoms with E-state index in [1.165, 1.54) is 49.6 Å². The average molecular weight is 383 g/mol. The number of aromatic nitrogens is 2. The van der Waals surface area contributed by atoms with Crippen LogP contribution in [0.1, 0.15) is 55.7 Å². The Morgan fingerprint density at radius 2 is 1.85 bits per heavy atom. The molecule has 1 unspecified atom stereocenters. The molecule has 1 fully saturated rings. The third kappa shape index (κ3) is 4.08. The standard InChI is InChI=1S/C22H26N2O2S/c1-27(25,26)19-11-9-17(10-12-19)20(14-16-6-3-2-4-7-16)21-15-18-8-5-13-23-22(18)24-21/h5,8-13,15-16,20H,2-4,6-7,14H2,1H3,(H,23,24). The molecule has 1 atom stereocenters. The van der Waals surface area contributed by atoms with Crippen LogP contribution in [0.4, 0.5) is 0 Å². The van der Waals surface area contributed by atoms with E-state index in [1.807, 2.05) is 18.2 Å². The van der Waals surface area contributed by atoms with Crippen LogP contribution in [0.3, 0.4) is 0 Å². The van der Waals surface area contributed by atoms with E-state index < -0.39 is 9.84 Å². The summed E-state index contributed by atoms with van der Waals surface area (Å²) in [5.74, 6) is 0.952. The van der Waals surface area contributed by atoms with Crippen LogP contribution in [-0.2, 0) is 9.84 Å². The molecule has 4 rings (SSSR count). The minimum Gasteiger partial charge on any atom is -0.343 e. The molecule has 1 N–H and O–H groups in total. The molecule has 0 saturated heterocycles. The fourth-order valence-electron chi connectivity index (χ4n) is 4.31. The number of nitrogens with one attached hydrogen (secondary N) is 1. The Bertz CT molecular complexity index is 983. The first-order valence-electron chi connectivity index (χ1n) is 9.74. The van der Waals surface area contributed by atoms with Crippen molar-refractivity contribution in [3.8, 4) is 0 Å². The predicted molar refractivity (Wildman–Crippen MR) is 109 cm³/mol. The zero-order chi connectivity index (χ0) is 18.9. The molecule has 1 aliphatic rings. The van der Waals surface area contributed by atoms with Gasteiger partial charge in [0.15, 0.2) is 9.84 Å². The van der Waals surface area contributed by atoms with Crippen LogP contribution in [-0.4, -0.2) is 24.6 Å². The van der Waals surface area contributed by atoms with Crippen molar-refractivity contribution in [2.45, 2.75) is 49.3 Å². The van der Waals surface area contributed by atoms with E-state index in [1.54, 1.807) is 18.3 Å². The lowest BCUT2D eigenvalue weighted by atomic mass is 9.79. The predicted octanol–water partition coefficient (Wildman–Crippen LogP) is 5.07. The van der Waals surface area contributed by atoms with Gasteiger partial charge in [-0.2, -0.15) is 0 Å². The third-order valence-electron chi connectivity index (χ3n) is 5.79. The number of H-pyrrole nitrogens is 1. The van der Waals surface area contributed by atoms with Crippen LogP contribution in [0, 0.1) is 5.92 Å². The number of fused-ring (bicyclic) bond motifs is 1. The van der Waals surface area contributed by atoms with Gasteiger partial charge < -0.3 is 4.98 Å². The highest BCUT2D eigenvalue weighted by Gasteiger charge is 2.23. The van der Waals surface area contributed by atoms with Gasteiger partial charge in [-0.05, 0) is 48.2 Å². The van der Waals surface area contributed by atoms with Crippen molar-refractivity contribution in [2.75, 3.05) is 6.26 Å². The molecule has 1 aliphatic carbocycles. The second-order valence-electron chi connectivity index (χ2n) is 7.80. The summed E-state index contributed by atoms with van der Waals surface area (Å²) in [7, 11) is -3.18. The second kappa shape index (κ2) is 7.47. The number of pyridine rings is 1. The zero-order valence-corrected chi connectivity index (χ0v) is 16.5. The number of rotatable bonds is 5. The molecule has 0 radical (unpaired) electrons. The molecule has 1 saturated carbocycles. The van der Waals surface area contributed by atoms with Crippen molar-refractivity contribution >= 4 is 20.9 Å². The smallest absolute Gasteiger partial charge is 0.175 e. The summed E-state index contributed by atoms with van der Waals surface area (Å²) in [4.78, 5) is 8.31. The molecule has 0 amide bonds. The van der Waals surface area contributed by atoms with Crippen molar-refractivity contribution in [1.29, 1.82) is 0 Å². The molecule has 4 nitrogen and oxygen atoms in total. The van der Waals surface area contributed by atoms with Gasteiger partial charge in [-0.25, -0.2) is 13.4 Å². The molecule has 2 heterocycles. The highest BCUT2D eigenvalue weighted by Crippen LogP contribution is 2.37. The number of hydrogen-bond acceptors (Lipinski definition) is 3. The molecule has 1 aromatic carbocycles. The van der Waals surface area contributed by atoms with E-state index in [-0.39, 0.29) is 5.92 Å². The van der Waals surface area contributed by atoms with Gasteiger partial charge in [0.1, 0.15) is 5.65 Å².